The lowest BCUT2D eigenvalue weighted by Crippen LogP contribution is -2.54. The number of hydrogen-bond acceptors (Lipinski definition) is 5. The van der Waals surface area contributed by atoms with Crippen LogP contribution in [0.4, 0.5) is 0 Å². The first kappa shape index (κ1) is 20.1. The number of likely N-dealkylation sites (N-methyl/N-ethyl adjacent to an activating group) is 1. The number of aryl methyl sites for hydroxylation is 2. The number of carboxylic acids is 1. The van der Waals surface area contributed by atoms with E-state index in [1.165, 1.54) is 5.56 Å². The summed E-state index contributed by atoms with van der Waals surface area (Å²) < 4.78 is 5.75. The van der Waals surface area contributed by atoms with E-state index in [0.717, 1.165) is 18.4 Å². The number of oxazole rings is 1. The third-order valence-corrected chi connectivity index (χ3v) is 5.19. The highest BCUT2D eigenvalue weighted by molar-refractivity contribution is 5.76. The van der Waals surface area contributed by atoms with E-state index in [2.05, 4.69) is 10.3 Å². The van der Waals surface area contributed by atoms with Crippen LogP contribution in [0.15, 0.2) is 34.9 Å². The summed E-state index contributed by atoms with van der Waals surface area (Å²) in [6.07, 6.45) is 4.05. The molecule has 1 amide bonds. The average Bonchev–Trinajstić information content (AvgIpc) is 3.10. The maximum atomic E-state index is 12.2. The number of rotatable bonds is 9. The smallest absolute Gasteiger partial charge is 0.317 e. The number of carboxylic acid groups (broad SMARTS) is 1. The second-order valence-corrected chi connectivity index (χ2v) is 7.33. The molecule has 1 saturated carbocycles. The molecule has 1 aromatic heterocycles. The van der Waals surface area contributed by atoms with Crippen molar-refractivity contribution >= 4 is 11.9 Å². The Morgan fingerprint density at radius 3 is 2.64 bits per heavy atom. The minimum Gasteiger partial charge on any atom is -0.480 e. The molecule has 0 bridgehead atoms. The van der Waals surface area contributed by atoms with E-state index in [9.17, 15) is 9.59 Å². The molecule has 7 heteroatoms. The Kier molecular flexibility index (Phi) is 6.46. The summed E-state index contributed by atoms with van der Waals surface area (Å²) in [6.45, 7) is 4.74. The molecule has 0 radical (unpaired) electrons. The van der Waals surface area contributed by atoms with E-state index >= 15 is 0 Å². The van der Waals surface area contributed by atoms with Crippen molar-refractivity contribution in [2.75, 3.05) is 13.1 Å². The van der Waals surface area contributed by atoms with Gasteiger partial charge in [0.1, 0.15) is 0 Å². The third kappa shape index (κ3) is 5.19. The summed E-state index contributed by atoms with van der Waals surface area (Å²) in [7, 11) is 0. The largest absolute Gasteiger partial charge is 0.480 e. The molecule has 28 heavy (non-hydrogen) atoms. The predicted molar refractivity (Wildman–Crippen MR) is 105 cm³/mol. The summed E-state index contributed by atoms with van der Waals surface area (Å²) in [6, 6.07) is 8.37. The lowest BCUT2D eigenvalue weighted by Gasteiger charge is -2.42. The van der Waals surface area contributed by atoms with E-state index in [-0.39, 0.29) is 24.5 Å². The van der Waals surface area contributed by atoms with Crippen molar-refractivity contribution in [1.82, 2.24) is 15.2 Å². The van der Waals surface area contributed by atoms with Gasteiger partial charge in [-0.05, 0) is 26.3 Å². The van der Waals surface area contributed by atoms with E-state index in [1.807, 2.05) is 43.0 Å². The molecule has 1 aliphatic rings. The standard InChI is InChI=1S/C21H27N3O4/c1-3-24(13-21(26)27)17-10-16(11-17)23-19(25)8-9-20-22-12-18(28-20)15-6-4-14(2)5-7-15/h4-7,12,16-17H,3,8-11,13H2,1-2H3,(H,23,25)(H,26,27). The van der Waals surface area contributed by atoms with Crippen LogP contribution >= 0.6 is 0 Å². The van der Waals surface area contributed by atoms with Gasteiger partial charge in [0.2, 0.25) is 5.91 Å². The van der Waals surface area contributed by atoms with Gasteiger partial charge in [-0.2, -0.15) is 0 Å². The number of benzene rings is 1. The SMILES string of the molecule is CCN(CC(=O)O)C1CC(NC(=O)CCc2ncc(-c3ccc(C)cc3)o2)C1. The van der Waals surface area contributed by atoms with E-state index in [4.69, 9.17) is 9.52 Å². The zero-order chi connectivity index (χ0) is 20.1. The van der Waals surface area contributed by atoms with Crippen LogP contribution in [0.1, 0.15) is 37.6 Å². The van der Waals surface area contributed by atoms with Crippen molar-refractivity contribution in [2.24, 2.45) is 0 Å². The number of amides is 1. The first-order chi connectivity index (χ1) is 13.4. The van der Waals surface area contributed by atoms with E-state index < -0.39 is 5.97 Å². The number of nitrogens with one attached hydrogen (secondary N) is 1. The van der Waals surface area contributed by atoms with Gasteiger partial charge in [0.15, 0.2) is 11.7 Å². The molecule has 0 spiro atoms. The molecular formula is C21H27N3O4. The molecular weight excluding hydrogens is 358 g/mol. The molecule has 1 heterocycles. The van der Waals surface area contributed by atoms with Gasteiger partial charge in [-0.3, -0.25) is 14.5 Å². The van der Waals surface area contributed by atoms with Gasteiger partial charge in [-0.1, -0.05) is 36.8 Å². The molecule has 0 unspecified atom stereocenters. The van der Waals surface area contributed by atoms with Crippen molar-refractivity contribution in [3.05, 3.63) is 41.9 Å². The molecule has 0 atom stereocenters. The van der Waals surface area contributed by atoms with E-state index in [0.29, 0.717) is 31.0 Å². The predicted octanol–water partition coefficient (Wildman–Crippen LogP) is 2.64. The molecule has 1 aromatic carbocycles. The Morgan fingerprint density at radius 1 is 1.29 bits per heavy atom. The second kappa shape index (κ2) is 9.01. The van der Waals surface area contributed by atoms with Crippen molar-refractivity contribution in [2.45, 2.75) is 51.6 Å². The normalized spacial score (nSPS) is 18.7. The van der Waals surface area contributed by atoms with Crippen LogP contribution in [0.3, 0.4) is 0 Å². The first-order valence-corrected chi connectivity index (χ1v) is 9.71. The van der Waals surface area contributed by atoms with Crippen LogP contribution in [0, 0.1) is 6.92 Å². The molecule has 7 nitrogen and oxygen atoms in total. The van der Waals surface area contributed by atoms with Crippen LogP contribution in [0.25, 0.3) is 11.3 Å². The number of hydrogen-bond donors (Lipinski definition) is 2. The van der Waals surface area contributed by atoms with Crippen LogP contribution < -0.4 is 5.32 Å². The summed E-state index contributed by atoms with van der Waals surface area (Å²) in [5.41, 5.74) is 2.15. The van der Waals surface area contributed by atoms with Gasteiger partial charge < -0.3 is 14.8 Å². The maximum absolute atomic E-state index is 12.2. The van der Waals surface area contributed by atoms with Crippen molar-refractivity contribution < 1.29 is 19.1 Å². The molecule has 2 N–H and O–H groups in total. The lowest BCUT2D eigenvalue weighted by molar-refractivity contribution is -0.139. The van der Waals surface area contributed by atoms with Gasteiger partial charge in [-0.25, -0.2) is 4.98 Å². The quantitative estimate of drug-likeness (QED) is 0.689. The molecule has 0 aliphatic heterocycles. The summed E-state index contributed by atoms with van der Waals surface area (Å²) in [4.78, 5) is 29.2. The summed E-state index contributed by atoms with van der Waals surface area (Å²) in [5.74, 6) is 0.413. The molecule has 3 rings (SSSR count). The van der Waals surface area contributed by atoms with Crippen molar-refractivity contribution in [1.29, 1.82) is 0 Å². The third-order valence-electron chi connectivity index (χ3n) is 5.19. The Bertz CT molecular complexity index is 809. The number of carbonyl (C=O) groups excluding carboxylic acids is 1. The number of carbonyl (C=O) groups is 2. The van der Waals surface area contributed by atoms with Gasteiger partial charge in [0, 0.05) is 30.5 Å². The zero-order valence-electron chi connectivity index (χ0n) is 16.4. The fraction of sp³-hybridized carbons (Fsp3) is 0.476. The highest BCUT2D eigenvalue weighted by Crippen LogP contribution is 2.26. The fourth-order valence-corrected chi connectivity index (χ4v) is 3.47. The number of aliphatic carboxylic acids is 1. The van der Waals surface area contributed by atoms with Gasteiger partial charge in [-0.15, -0.1) is 0 Å². The first-order valence-electron chi connectivity index (χ1n) is 9.71. The van der Waals surface area contributed by atoms with Crippen LogP contribution in [0.5, 0.6) is 0 Å². The van der Waals surface area contributed by atoms with E-state index in [1.54, 1.807) is 6.20 Å². The van der Waals surface area contributed by atoms with Gasteiger partial charge in [0.25, 0.3) is 0 Å². The van der Waals surface area contributed by atoms with Gasteiger partial charge >= 0.3 is 5.97 Å². The molecule has 1 fully saturated rings. The Morgan fingerprint density at radius 2 is 2.00 bits per heavy atom. The average molecular weight is 385 g/mol. The molecule has 1 aliphatic carbocycles. The topological polar surface area (TPSA) is 95.7 Å². The van der Waals surface area contributed by atoms with Crippen LogP contribution in [0.2, 0.25) is 0 Å². The molecule has 150 valence electrons. The van der Waals surface area contributed by atoms with Gasteiger partial charge in [0.05, 0.1) is 12.7 Å². The minimum absolute atomic E-state index is 0.0279. The molecule has 2 aromatic rings. The Labute approximate surface area is 164 Å². The monoisotopic (exact) mass is 385 g/mol. The second-order valence-electron chi connectivity index (χ2n) is 7.33. The van der Waals surface area contributed by atoms with Crippen LogP contribution in [-0.4, -0.2) is 52.0 Å². The number of aromatic nitrogens is 1. The lowest BCUT2D eigenvalue weighted by atomic mass is 9.85. The van der Waals surface area contributed by atoms with Crippen LogP contribution in [-0.2, 0) is 16.0 Å². The maximum Gasteiger partial charge on any atom is 0.317 e. The highest BCUT2D eigenvalue weighted by Gasteiger charge is 2.34. The Balaban J connectivity index is 1.41. The van der Waals surface area contributed by atoms with Crippen molar-refractivity contribution in [3.63, 3.8) is 0 Å². The highest BCUT2D eigenvalue weighted by atomic mass is 16.4. The number of nitrogens with zero attached hydrogens (tertiary/aromatic N) is 2. The Hall–Kier alpha value is -2.67. The molecule has 0 saturated heterocycles. The summed E-state index contributed by atoms with van der Waals surface area (Å²) in [5, 5.41) is 11.9. The zero-order valence-corrected chi connectivity index (χ0v) is 16.4. The fourth-order valence-electron chi connectivity index (χ4n) is 3.47. The van der Waals surface area contributed by atoms with Crippen molar-refractivity contribution in [3.8, 4) is 11.3 Å². The minimum atomic E-state index is -0.815. The summed E-state index contributed by atoms with van der Waals surface area (Å²) >= 11 is 0.